The lowest BCUT2D eigenvalue weighted by atomic mass is 10.0. The summed E-state index contributed by atoms with van der Waals surface area (Å²) in [4.78, 5) is 12.5. The van der Waals surface area contributed by atoms with E-state index in [4.69, 9.17) is 0 Å². The average Bonchev–Trinajstić information content (AvgIpc) is 3.28. The van der Waals surface area contributed by atoms with Gasteiger partial charge in [-0.25, -0.2) is 0 Å². The van der Waals surface area contributed by atoms with Crippen LogP contribution in [-0.4, -0.2) is 46.1 Å². The van der Waals surface area contributed by atoms with Gasteiger partial charge in [-0.05, 0) is 19.3 Å². The van der Waals surface area contributed by atoms with Gasteiger partial charge in [0.05, 0.1) is 31.3 Å². The summed E-state index contributed by atoms with van der Waals surface area (Å²) in [7, 11) is 0. The molecular weight excluding hydrogens is 775 g/mol. The van der Waals surface area contributed by atoms with Gasteiger partial charge >= 0.3 is 0 Å². The van der Waals surface area contributed by atoms with Crippen LogP contribution in [0.3, 0.4) is 0 Å². The fraction of sp³-hybridized carbons (Fsp3) is 0.948. The zero-order valence-electron chi connectivity index (χ0n) is 43.0. The molecule has 0 aliphatic heterocycles. The fourth-order valence-electron chi connectivity index (χ4n) is 9.40. The monoisotopic (exact) mass is 890 g/mol. The predicted molar refractivity (Wildman–Crippen MR) is 278 cm³/mol. The number of hydrogen-bond acceptors (Lipinski definition) is 4. The first-order chi connectivity index (χ1) is 31.0. The summed E-state index contributed by atoms with van der Waals surface area (Å²) >= 11 is 0. The molecule has 0 aromatic carbocycles. The summed E-state index contributed by atoms with van der Waals surface area (Å²) in [6, 6.07) is -0.740. The zero-order valence-corrected chi connectivity index (χ0v) is 43.0. The summed E-state index contributed by atoms with van der Waals surface area (Å²) in [5, 5.41) is 33.4. The Morgan fingerprint density at radius 2 is 0.651 bits per heavy atom. The van der Waals surface area contributed by atoms with Gasteiger partial charge in [-0.3, -0.25) is 4.79 Å². The molecule has 3 atom stereocenters. The van der Waals surface area contributed by atoms with Gasteiger partial charge in [0.1, 0.15) is 0 Å². The van der Waals surface area contributed by atoms with E-state index in [1.807, 2.05) is 6.08 Å². The lowest BCUT2D eigenvalue weighted by molar-refractivity contribution is -0.124. The number of nitrogens with one attached hydrogen (secondary N) is 1. The molecule has 4 N–H and O–H groups in total. The summed E-state index contributed by atoms with van der Waals surface area (Å²) in [6.07, 6.45) is 67.1. The quantitative estimate of drug-likeness (QED) is 0.0362. The second kappa shape index (κ2) is 53.7. The number of carbonyl (C=O) groups is 1. The number of rotatable bonds is 54. The SMILES string of the molecule is CCCCCCCCCCCCCCC/C=C/C(O)C(CO)NC(=O)CC(O)CCCCCCCCCCCCCCCCCCCCCCCCCCCCCCCCCCC. The van der Waals surface area contributed by atoms with E-state index in [-0.39, 0.29) is 18.9 Å². The Hall–Kier alpha value is -0.910. The largest absolute Gasteiger partial charge is 0.394 e. The van der Waals surface area contributed by atoms with Crippen molar-refractivity contribution in [3.8, 4) is 0 Å². The van der Waals surface area contributed by atoms with Crippen molar-refractivity contribution in [3.05, 3.63) is 12.2 Å². The van der Waals surface area contributed by atoms with Crippen molar-refractivity contribution < 1.29 is 20.1 Å². The van der Waals surface area contributed by atoms with E-state index < -0.39 is 18.2 Å². The Balaban J connectivity index is 3.45. The number of unbranched alkanes of at least 4 members (excludes halogenated alkanes) is 45. The Bertz CT molecular complexity index is 894. The van der Waals surface area contributed by atoms with E-state index in [1.54, 1.807) is 6.08 Å². The summed E-state index contributed by atoms with van der Waals surface area (Å²) in [5.41, 5.74) is 0. The lowest BCUT2D eigenvalue weighted by Gasteiger charge is -2.21. The van der Waals surface area contributed by atoms with Crippen LogP contribution in [0.2, 0.25) is 0 Å². The minimum absolute atomic E-state index is 0.0194. The van der Waals surface area contributed by atoms with Gasteiger partial charge in [0.15, 0.2) is 0 Å². The Labute approximate surface area is 395 Å². The average molecular weight is 891 g/mol. The van der Waals surface area contributed by atoms with Gasteiger partial charge in [0.25, 0.3) is 0 Å². The maximum atomic E-state index is 12.5. The van der Waals surface area contributed by atoms with Crippen molar-refractivity contribution in [2.24, 2.45) is 0 Å². The molecule has 5 heteroatoms. The Morgan fingerprint density at radius 1 is 0.397 bits per heavy atom. The number of carbonyl (C=O) groups excluding carboxylic acids is 1. The molecule has 0 aliphatic carbocycles. The molecule has 63 heavy (non-hydrogen) atoms. The van der Waals surface area contributed by atoms with Crippen LogP contribution in [0.15, 0.2) is 12.2 Å². The minimum atomic E-state index is -0.925. The molecule has 0 spiro atoms. The first-order valence-electron chi connectivity index (χ1n) is 29.0. The number of allylic oxidation sites excluding steroid dienone is 1. The first kappa shape index (κ1) is 62.1. The van der Waals surface area contributed by atoms with Gasteiger partial charge in [-0.15, -0.1) is 0 Å². The number of aliphatic hydroxyl groups is 3. The van der Waals surface area contributed by atoms with Gasteiger partial charge in [0, 0.05) is 0 Å². The summed E-state index contributed by atoms with van der Waals surface area (Å²) < 4.78 is 0. The van der Waals surface area contributed by atoms with Crippen molar-refractivity contribution in [1.82, 2.24) is 5.32 Å². The maximum absolute atomic E-state index is 12.5. The predicted octanol–water partition coefficient (Wildman–Crippen LogP) is 17.9. The van der Waals surface area contributed by atoms with E-state index in [0.717, 1.165) is 25.7 Å². The summed E-state index contributed by atoms with van der Waals surface area (Å²) in [5.74, 6) is -0.309. The van der Waals surface area contributed by atoms with Gasteiger partial charge < -0.3 is 20.6 Å². The number of hydrogen-bond donors (Lipinski definition) is 4. The van der Waals surface area contributed by atoms with Crippen molar-refractivity contribution in [2.75, 3.05) is 6.61 Å². The molecule has 0 saturated carbocycles. The third-order valence-corrected chi connectivity index (χ3v) is 13.8. The normalized spacial score (nSPS) is 13.3. The molecule has 0 saturated heterocycles. The van der Waals surface area contributed by atoms with E-state index >= 15 is 0 Å². The molecule has 5 nitrogen and oxygen atoms in total. The maximum Gasteiger partial charge on any atom is 0.222 e. The highest BCUT2D eigenvalue weighted by atomic mass is 16.3. The standard InChI is InChI=1S/C58H115NO4/c1-3-5-7-9-11-13-15-17-19-20-21-22-23-24-25-26-27-28-29-30-31-32-33-34-35-36-38-39-41-43-45-47-49-51-55(61)53-58(63)59-56(54-60)57(62)52-50-48-46-44-42-40-37-18-16-14-12-10-8-6-4-2/h50,52,55-57,60-62H,3-49,51,53-54H2,1-2H3,(H,59,63)/b52-50+. The summed E-state index contributed by atoms with van der Waals surface area (Å²) in [6.45, 7) is 4.25. The highest BCUT2D eigenvalue weighted by Crippen LogP contribution is 2.18. The number of aliphatic hydroxyl groups excluding tert-OH is 3. The molecule has 0 radical (unpaired) electrons. The van der Waals surface area contributed by atoms with Crippen LogP contribution in [0, 0.1) is 0 Å². The van der Waals surface area contributed by atoms with Crippen LogP contribution in [0.25, 0.3) is 0 Å². The first-order valence-corrected chi connectivity index (χ1v) is 29.0. The van der Waals surface area contributed by atoms with E-state index in [9.17, 15) is 20.1 Å². The van der Waals surface area contributed by atoms with Gasteiger partial charge in [0.2, 0.25) is 5.91 Å². The molecule has 1 amide bonds. The topological polar surface area (TPSA) is 89.8 Å². The van der Waals surface area contributed by atoms with Crippen molar-refractivity contribution in [3.63, 3.8) is 0 Å². The molecule has 0 bridgehead atoms. The van der Waals surface area contributed by atoms with E-state index in [0.29, 0.717) is 6.42 Å². The molecule has 0 aromatic heterocycles. The molecule has 0 rings (SSSR count). The number of amides is 1. The highest BCUT2D eigenvalue weighted by Gasteiger charge is 2.20. The van der Waals surface area contributed by atoms with Crippen LogP contribution in [0.4, 0.5) is 0 Å². The smallest absolute Gasteiger partial charge is 0.222 e. The Kier molecular flexibility index (Phi) is 52.9. The fourth-order valence-corrected chi connectivity index (χ4v) is 9.40. The van der Waals surface area contributed by atoms with Crippen LogP contribution >= 0.6 is 0 Å². The van der Waals surface area contributed by atoms with Crippen molar-refractivity contribution in [1.29, 1.82) is 0 Å². The van der Waals surface area contributed by atoms with Crippen LogP contribution in [0.1, 0.15) is 328 Å². The van der Waals surface area contributed by atoms with E-state index in [1.165, 1.54) is 276 Å². The third-order valence-electron chi connectivity index (χ3n) is 13.8. The molecule has 376 valence electrons. The molecule has 0 fully saturated rings. The third kappa shape index (κ3) is 50.3. The molecule has 3 unspecified atom stereocenters. The van der Waals surface area contributed by atoms with Crippen molar-refractivity contribution in [2.45, 2.75) is 347 Å². The molecule has 0 aliphatic rings. The van der Waals surface area contributed by atoms with Crippen LogP contribution in [-0.2, 0) is 4.79 Å². The second-order valence-electron chi connectivity index (χ2n) is 20.3. The van der Waals surface area contributed by atoms with Crippen LogP contribution in [0.5, 0.6) is 0 Å². The van der Waals surface area contributed by atoms with Crippen LogP contribution < -0.4 is 5.32 Å². The minimum Gasteiger partial charge on any atom is -0.394 e. The van der Waals surface area contributed by atoms with Gasteiger partial charge in [-0.2, -0.15) is 0 Å². The Morgan fingerprint density at radius 3 is 0.921 bits per heavy atom. The van der Waals surface area contributed by atoms with Gasteiger partial charge in [-0.1, -0.05) is 315 Å². The molecule has 0 heterocycles. The molecule has 0 aromatic rings. The van der Waals surface area contributed by atoms with Crippen molar-refractivity contribution >= 4 is 5.91 Å². The highest BCUT2D eigenvalue weighted by molar-refractivity contribution is 5.76. The lowest BCUT2D eigenvalue weighted by Crippen LogP contribution is -2.45. The molecular formula is C58H115NO4. The zero-order chi connectivity index (χ0) is 45.8. The second-order valence-corrected chi connectivity index (χ2v) is 20.3. The van der Waals surface area contributed by atoms with E-state index in [2.05, 4.69) is 19.2 Å².